The van der Waals surface area contributed by atoms with Gasteiger partial charge in [-0.05, 0) is 116 Å². The molecule has 46 heavy (non-hydrogen) atoms. The summed E-state index contributed by atoms with van der Waals surface area (Å²) < 4.78 is 16.9. The molecule has 4 aliphatic rings. The van der Waals surface area contributed by atoms with Gasteiger partial charge in [-0.3, -0.25) is 9.59 Å². The Bertz CT molecular complexity index is 1590. The average molecular weight is 685 g/mol. The fraction of sp³-hybridized carbons (Fsp3) is 0.400. The van der Waals surface area contributed by atoms with Gasteiger partial charge in [0.1, 0.15) is 10.8 Å². The van der Waals surface area contributed by atoms with Crippen LogP contribution in [0.3, 0.4) is 0 Å². The lowest BCUT2D eigenvalue weighted by Gasteiger charge is -2.57. The van der Waals surface area contributed by atoms with Crippen LogP contribution in [0.25, 0.3) is 0 Å². The van der Waals surface area contributed by atoms with Gasteiger partial charge in [-0.2, -0.15) is 5.10 Å². The maximum Gasteiger partial charge on any atom is 0.277 e. The molecule has 3 aromatic carbocycles. The summed E-state index contributed by atoms with van der Waals surface area (Å²) in [7, 11) is 0. The van der Waals surface area contributed by atoms with Crippen molar-refractivity contribution >= 4 is 58.5 Å². The van der Waals surface area contributed by atoms with Gasteiger partial charge in [-0.25, -0.2) is 5.43 Å². The van der Waals surface area contributed by atoms with Crippen LogP contribution < -0.4 is 25.0 Å². The van der Waals surface area contributed by atoms with Crippen molar-refractivity contribution in [3.05, 3.63) is 80.8 Å². The predicted octanol–water partition coefficient (Wildman–Crippen LogP) is 8.06. The highest BCUT2D eigenvalue weighted by Crippen LogP contribution is 2.60. The molecule has 7 rings (SSSR count). The van der Waals surface area contributed by atoms with Crippen molar-refractivity contribution in [3.8, 4) is 17.2 Å². The molecule has 4 fully saturated rings. The maximum atomic E-state index is 12.8. The van der Waals surface area contributed by atoms with Crippen LogP contribution >= 0.6 is 34.8 Å². The van der Waals surface area contributed by atoms with Crippen LogP contribution in [0.15, 0.2) is 59.7 Å². The van der Waals surface area contributed by atoms with E-state index in [4.69, 9.17) is 49.0 Å². The molecule has 0 saturated heterocycles. The van der Waals surface area contributed by atoms with Gasteiger partial charge in [0.05, 0.1) is 17.8 Å². The van der Waals surface area contributed by atoms with Gasteiger partial charge in [-0.1, -0.05) is 46.9 Å². The standard InChI is InChI=1S/C35H36Cl3N3O5/c1-2-44-30-12-21(18-39-41-33(43)20-46-31-14-26(36)13-28(37)34(31)38)3-8-29(30)45-19-32(42)40-27-6-4-25(5-7-27)35-15-22-9-23(16-35)11-24(10-22)17-35/h3-8,12-14,18,22-24H,2,9-11,15-17,19-20H2,1H3,(H,40,42)(H,41,43)/b39-18-. The molecular formula is C35H36Cl3N3O5. The summed E-state index contributed by atoms with van der Waals surface area (Å²) in [6.07, 6.45) is 9.64. The SMILES string of the molecule is CCOc1cc(/C=N\NC(=O)COc2cc(Cl)cc(Cl)c2Cl)ccc1OCC(=O)Nc1ccc(C23CC4CC(CC(C4)C2)C3)cc1. The van der Waals surface area contributed by atoms with E-state index < -0.39 is 5.91 Å². The predicted molar refractivity (Wildman–Crippen MR) is 181 cm³/mol. The number of hydrogen-bond acceptors (Lipinski definition) is 6. The quantitative estimate of drug-likeness (QED) is 0.114. The molecular weight excluding hydrogens is 649 g/mol. The summed E-state index contributed by atoms with van der Waals surface area (Å²) in [5, 5.41) is 7.63. The van der Waals surface area contributed by atoms with E-state index in [-0.39, 0.29) is 34.9 Å². The van der Waals surface area contributed by atoms with Gasteiger partial charge >= 0.3 is 0 Å². The highest BCUT2D eigenvalue weighted by molar-refractivity contribution is 6.44. The van der Waals surface area contributed by atoms with E-state index in [0.29, 0.717) is 34.1 Å². The Morgan fingerprint density at radius 1 is 0.826 bits per heavy atom. The topological polar surface area (TPSA) is 98.2 Å². The minimum absolute atomic E-state index is 0.159. The molecule has 8 nitrogen and oxygen atoms in total. The Morgan fingerprint density at radius 2 is 1.48 bits per heavy atom. The van der Waals surface area contributed by atoms with Gasteiger partial charge < -0.3 is 19.5 Å². The number of amides is 2. The number of hydrazone groups is 1. The number of ether oxygens (including phenoxy) is 3. The van der Waals surface area contributed by atoms with E-state index in [1.165, 1.54) is 62.4 Å². The maximum absolute atomic E-state index is 12.8. The fourth-order valence-corrected chi connectivity index (χ4v) is 8.33. The summed E-state index contributed by atoms with van der Waals surface area (Å²) in [5.41, 5.74) is 5.54. The fourth-order valence-electron chi connectivity index (χ4n) is 7.70. The molecule has 4 bridgehead atoms. The molecule has 2 N–H and O–H groups in total. The van der Waals surface area contributed by atoms with E-state index in [1.807, 2.05) is 19.1 Å². The van der Waals surface area contributed by atoms with Crippen LogP contribution in [0, 0.1) is 17.8 Å². The van der Waals surface area contributed by atoms with Gasteiger partial charge in [0, 0.05) is 16.8 Å². The molecule has 11 heteroatoms. The number of nitrogens with one attached hydrogen (secondary N) is 2. The Morgan fingerprint density at radius 3 is 2.15 bits per heavy atom. The molecule has 0 heterocycles. The molecule has 0 aromatic heterocycles. The first-order chi connectivity index (χ1) is 22.2. The van der Waals surface area contributed by atoms with Gasteiger partial charge in [0.2, 0.25) is 0 Å². The van der Waals surface area contributed by atoms with Crippen molar-refractivity contribution in [1.82, 2.24) is 5.43 Å². The Labute approximate surface area is 283 Å². The summed E-state index contributed by atoms with van der Waals surface area (Å²) >= 11 is 18.0. The zero-order chi connectivity index (χ0) is 32.3. The largest absolute Gasteiger partial charge is 0.490 e. The van der Waals surface area contributed by atoms with Crippen LogP contribution in [-0.2, 0) is 15.0 Å². The average Bonchev–Trinajstić information content (AvgIpc) is 3.01. The number of anilines is 1. The monoisotopic (exact) mass is 683 g/mol. The number of carbonyl (C=O) groups excluding carboxylic acids is 2. The van der Waals surface area contributed by atoms with Crippen LogP contribution in [0.1, 0.15) is 56.6 Å². The Hall–Kier alpha value is -3.46. The highest BCUT2D eigenvalue weighted by Gasteiger charge is 2.51. The molecule has 242 valence electrons. The van der Waals surface area contributed by atoms with E-state index >= 15 is 0 Å². The second-order valence-corrected chi connectivity index (χ2v) is 13.8. The van der Waals surface area contributed by atoms with Crippen molar-refractivity contribution in [2.75, 3.05) is 25.1 Å². The molecule has 2 amide bonds. The minimum atomic E-state index is -0.512. The third kappa shape index (κ3) is 7.56. The lowest BCUT2D eigenvalue weighted by atomic mass is 9.48. The van der Waals surface area contributed by atoms with Crippen molar-refractivity contribution in [3.63, 3.8) is 0 Å². The van der Waals surface area contributed by atoms with Crippen LogP contribution in [0.5, 0.6) is 17.2 Å². The third-order valence-corrected chi connectivity index (χ3v) is 10.2. The first-order valence-electron chi connectivity index (χ1n) is 15.6. The highest BCUT2D eigenvalue weighted by atomic mass is 35.5. The molecule has 4 aliphatic carbocycles. The molecule has 0 spiro atoms. The third-order valence-electron chi connectivity index (χ3n) is 9.17. The molecule has 0 radical (unpaired) electrons. The van der Waals surface area contributed by atoms with Gasteiger partial charge in [-0.15, -0.1) is 0 Å². The first-order valence-corrected chi connectivity index (χ1v) is 16.7. The van der Waals surface area contributed by atoms with Gasteiger partial charge in [0.25, 0.3) is 11.8 Å². The molecule has 3 aromatic rings. The second kappa shape index (κ2) is 14.1. The van der Waals surface area contributed by atoms with Crippen molar-refractivity contribution < 1.29 is 23.8 Å². The number of carbonyl (C=O) groups is 2. The van der Waals surface area contributed by atoms with Crippen molar-refractivity contribution in [1.29, 1.82) is 0 Å². The van der Waals surface area contributed by atoms with Crippen LogP contribution in [-0.4, -0.2) is 37.8 Å². The van der Waals surface area contributed by atoms with Crippen molar-refractivity contribution in [2.24, 2.45) is 22.9 Å². The number of nitrogens with zero attached hydrogens (tertiary/aromatic N) is 1. The van der Waals surface area contributed by atoms with Crippen LogP contribution in [0.4, 0.5) is 5.69 Å². The number of halogens is 3. The number of benzene rings is 3. The second-order valence-electron chi connectivity index (χ2n) is 12.5. The molecule has 0 atom stereocenters. The van der Waals surface area contributed by atoms with E-state index in [0.717, 1.165) is 23.4 Å². The molecule has 4 saturated carbocycles. The van der Waals surface area contributed by atoms with E-state index in [2.05, 4.69) is 28.0 Å². The van der Waals surface area contributed by atoms with Crippen LogP contribution in [0.2, 0.25) is 15.1 Å². The first kappa shape index (κ1) is 32.5. The van der Waals surface area contributed by atoms with Crippen molar-refractivity contribution in [2.45, 2.75) is 50.9 Å². The summed E-state index contributed by atoms with van der Waals surface area (Å²) in [5.74, 6) is 2.94. The minimum Gasteiger partial charge on any atom is -0.490 e. The lowest BCUT2D eigenvalue weighted by molar-refractivity contribution is -0.123. The summed E-state index contributed by atoms with van der Waals surface area (Å²) in [6, 6.07) is 16.5. The number of hydrogen-bond donors (Lipinski definition) is 2. The van der Waals surface area contributed by atoms with Gasteiger partial charge in [0.15, 0.2) is 24.7 Å². The zero-order valence-corrected chi connectivity index (χ0v) is 27.8. The Kier molecular flexibility index (Phi) is 9.97. The lowest BCUT2D eigenvalue weighted by Crippen LogP contribution is -2.48. The number of rotatable bonds is 12. The Balaban J connectivity index is 0.991. The summed E-state index contributed by atoms with van der Waals surface area (Å²) in [4.78, 5) is 25.0. The summed E-state index contributed by atoms with van der Waals surface area (Å²) in [6.45, 7) is 1.72. The smallest absolute Gasteiger partial charge is 0.277 e. The molecule has 0 unspecified atom stereocenters. The van der Waals surface area contributed by atoms with E-state index in [9.17, 15) is 9.59 Å². The normalized spacial score (nSPS) is 22.9. The van der Waals surface area contributed by atoms with E-state index in [1.54, 1.807) is 18.2 Å². The molecule has 0 aliphatic heterocycles. The zero-order valence-electron chi connectivity index (χ0n) is 25.5.